The summed E-state index contributed by atoms with van der Waals surface area (Å²) < 4.78 is 3.64. The van der Waals surface area contributed by atoms with E-state index in [2.05, 4.69) is 31.0 Å². The van der Waals surface area contributed by atoms with E-state index in [9.17, 15) is 4.79 Å². The number of urea groups is 1. The molecule has 0 unspecified atom stereocenters. The summed E-state index contributed by atoms with van der Waals surface area (Å²) in [5.41, 5.74) is 1.82. The third kappa shape index (κ3) is 2.98. The van der Waals surface area contributed by atoms with Gasteiger partial charge in [0.2, 0.25) is 0 Å². The number of aryl methyl sites for hydroxylation is 1. The Morgan fingerprint density at radius 3 is 2.92 bits per heavy atom. The Kier molecular flexibility index (Phi) is 3.93. The second kappa shape index (κ2) is 6.39. The van der Waals surface area contributed by atoms with Gasteiger partial charge in [0.05, 0.1) is 17.9 Å². The third-order valence-corrected chi connectivity index (χ3v) is 4.49. The monoisotopic (exact) mass is 337 g/mol. The highest BCUT2D eigenvalue weighted by Crippen LogP contribution is 2.32. The number of carbonyl (C=O) groups is 1. The van der Waals surface area contributed by atoms with Crippen molar-refractivity contribution < 1.29 is 4.79 Å². The lowest BCUT2D eigenvalue weighted by Crippen LogP contribution is -2.35. The van der Waals surface area contributed by atoms with Crippen LogP contribution in [-0.4, -0.2) is 41.8 Å². The molecule has 0 aromatic carbocycles. The standard InChI is InChI=1S/C17H19N7O/c1-22-8-2-4-14(22)15-5-3-9-23(15)17(25)21-13-6-7-16(19-10-13)24-12-18-11-20-24/h2,4,6-8,10-12,15H,3,5,9H2,1H3,(H,21,25)/t15-/m0/s1. The summed E-state index contributed by atoms with van der Waals surface area (Å²) in [5.74, 6) is 0.651. The maximum Gasteiger partial charge on any atom is 0.322 e. The molecule has 1 saturated heterocycles. The smallest absolute Gasteiger partial charge is 0.322 e. The zero-order chi connectivity index (χ0) is 17.2. The van der Waals surface area contributed by atoms with Crippen molar-refractivity contribution in [2.24, 2.45) is 7.05 Å². The van der Waals surface area contributed by atoms with Crippen LogP contribution < -0.4 is 5.32 Å². The Labute approximate surface area is 145 Å². The lowest BCUT2D eigenvalue weighted by molar-refractivity contribution is 0.205. The number of amides is 2. The number of nitrogens with one attached hydrogen (secondary N) is 1. The molecule has 4 heterocycles. The molecule has 3 aromatic rings. The van der Waals surface area contributed by atoms with Crippen LogP contribution in [0.1, 0.15) is 24.6 Å². The van der Waals surface area contributed by atoms with Gasteiger partial charge in [-0.3, -0.25) is 0 Å². The van der Waals surface area contributed by atoms with Crippen LogP contribution in [0.25, 0.3) is 5.82 Å². The molecular formula is C17H19N7O. The highest BCUT2D eigenvalue weighted by Gasteiger charge is 2.31. The number of carbonyl (C=O) groups excluding carboxylic acids is 1. The van der Waals surface area contributed by atoms with E-state index in [0.29, 0.717) is 11.5 Å². The highest BCUT2D eigenvalue weighted by atomic mass is 16.2. The van der Waals surface area contributed by atoms with Gasteiger partial charge in [-0.15, -0.1) is 0 Å². The molecule has 1 atom stereocenters. The van der Waals surface area contributed by atoms with E-state index in [1.807, 2.05) is 30.3 Å². The Morgan fingerprint density at radius 1 is 1.32 bits per heavy atom. The SMILES string of the molecule is Cn1cccc1[C@@H]1CCCN1C(=O)Nc1ccc(-n2cncn2)nc1. The summed E-state index contributed by atoms with van der Waals surface area (Å²) in [6, 6.07) is 7.71. The number of nitrogens with zero attached hydrogens (tertiary/aromatic N) is 6. The van der Waals surface area contributed by atoms with Crippen molar-refractivity contribution in [3.8, 4) is 5.82 Å². The van der Waals surface area contributed by atoms with Crippen LogP contribution in [0, 0.1) is 0 Å². The van der Waals surface area contributed by atoms with Gasteiger partial charge in [0.15, 0.2) is 5.82 Å². The predicted octanol–water partition coefficient (Wildman–Crippen LogP) is 2.37. The van der Waals surface area contributed by atoms with Gasteiger partial charge in [-0.2, -0.15) is 5.10 Å². The summed E-state index contributed by atoms with van der Waals surface area (Å²) in [5, 5.41) is 6.97. The highest BCUT2D eigenvalue weighted by molar-refractivity contribution is 5.89. The first-order valence-electron chi connectivity index (χ1n) is 8.22. The lowest BCUT2D eigenvalue weighted by atomic mass is 10.1. The number of aromatic nitrogens is 5. The molecule has 2 amide bonds. The zero-order valence-corrected chi connectivity index (χ0v) is 13.9. The Morgan fingerprint density at radius 2 is 2.24 bits per heavy atom. The van der Waals surface area contributed by atoms with Gasteiger partial charge in [0.25, 0.3) is 0 Å². The molecule has 8 nitrogen and oxygen atoms in total. The molecule has 128 valence electrons. The summed E-state index contributed by atoms with van der Waals surface area (Å²) >= 11 is 0. The molecule has 0 saturated carbocycles. The Bertz CT molecular complexity index is 854. The van der Waals surface area contributed by atoms with Gasteiger partial charge in [-0.05, 0) is 37.1 Å². The van der Waals surface area contributed by atoms with Crippen molar-refractivity contribution in [3.63, 3.8) is 0 Å². The van der Waals surface area contributed by atoms with Crippen molar-refractivity contribution in [1.82, 2.24) is 29.2 Å². The number of likely N-dealkylation sites (tertiary alicyclic amines) is 1. The molecule has 0 aliphatic carbocycles. The van der Waals surface area contributed by atoms with Crippen LogP contribution in [-0.2, 0) is 7.05 Å². The minimum Gasteiger partial charge on any atom is -0.353 e. The lowest BCUT2D eigenvalue weighted by Gasteiger charge is -2.25. The average Bonchev–Trinajstić information content (AvgIpc) is 3.36. The normalized spacial score (nSPS) is 17.0. The second-order valence-electron chi connectivity index (χ2n) is 6.07. The average molecular weight is 337 g/mol. The largest absolute Gasteiger partial charge is 0.353 e. The van der Waals surface area contributed by atoms with E-state index >= 15 is 0 Å². The van der Waals surface area contributed by atoms with Crippen LogP contribution in [0.3, 0.4) is 0 Å². The zero-order valence-electron chi connectivity index (χ0n) is 13.9. The first-order valence-corrected chi connectivity index (χ1v) is 8.22. The molecule has 0 bridgehead atoms. The molecule has 4 rings (SSSR count). The first-order chi connectivity index (χ1) is 12.2. The van der Waals surface area contributed by atoms with E-state index < -0.39 is 0 Å². The van der Waals surface area contributed by atoms with Gasteiger partial charge in [-0.25, -0.2) is 19.4 Å². The first kappa shape index (κ1) is 15.4. The number of pyridine rings is 1. The van der Waals surface area contributed by atoms with Crippen LogP contribution in [0.5, 0.6) is 0 Å². The van der Waals surface area contributed by atoms with E-state index in [1.165, 1.54) is 6.33 Å². The fourth-order valence-electron chi connectivity index (χ4n) is 3.26. The van der Waals surface area contributed by atoms with Crippen molar-refractivity contribution >= 4 is 11.7 Å². The fourth-order valence-corrected chi connectivity index (χ4v) is 3.26. The van der Waals surface area contributed by atoms with E-state index in [1.54, 1.807) is 23.3 Å². The number of hydrogen-bond donors (Lipinski definition) is 1. The van der Waals surface area contributed by atoms with Gasteiger partial charge >= 0.3 is 6.03 Å². The van der Waals surface area contributed by atoms with Crippen LogP contribution in [0.4, 0.5) is 10.5 Å². The fraction of sp³-hybridized carbons (Fsp3) is 0.294. The van der Waals surface area contributed by atoms with Crippen molar-refractivity contribution in [2.45, 2.75) is 18.9 Å². The number of hydrogen-bond acceptors (Lipinski definition) is 4. The maximum absolute atomic E-state index is 12.7. The van der Waals surface area contributed by atoms with Crippen molar-refractivity contribution in [1.29, 1.82) is 0 Å². The molecule has 1 aliphatic rings. The molecule has 1 N–H and O–H groups in total. The van der Waals surface area contributed by atoms with E-state index in [0.717, 1.165) is 25.1 Å². The number of rotatable bonds is 3. The van der Waals surface area contributed by atoms with Crippen molar-refractivity contribution in [3.05, 3.63) is 55.0 Å². The Hall–Kier alpha value is -3.16. The van der Waals surface area contributed by atoms with E-state index in [-0.39, 0.29) is 12.1 Å². The summed E-state index contributed by atoms with van der Waals surface area (Å²) in [7, 11) is 2.01. The quantitative estimate of drug-likeness (QED) is 0.795. The minimum atomic E-state index is -0.0981. The van der Waals surface area contributed by atoms with Crippen molar-refractivity contribution in [2.75, 3.05) is 11.9 Å². The molecule has 1 aliphatic heterocycles. The van der Waals surface area contributed by atoms with Gasteiger partial charge in [0, 0.05) is 25.5 Å². The van der Waals surface area contributed by atoms with Gasteiger partial charge in [0.1, 0.15) is 12.7 Å². The summed E-state index contributed by atoms with van der Waals surface area (Å²) in [6.07, 6.45) is 8.66. The molecular weight excluding hydrogens is 318 g/mol. The third-order valence-electron chi connectivity index (χ3n) is 4.49. The summed E-state index contributed by atoms with van der Waals surface area (Å²) in [6.45, 7) is 0.756. The summed E-state index contributed by atoms with van der Waals surface area (Å²) in [4.78, 5) is 22.8. The van der Waals surface area contributed by atoms with Crippen LogP contribution in [0.2, 0.25) is 0 Å². The Balaban J connectivity index is 1.47. The maximum atomic E-state index is 12.7. The number of anilines is 1. The minimum absolute atomic E-state index is 0.0981. The molecule has 3 aromatic heterocycles. The molecule has 0 spiro atoms. The molecule has 1 fully saturated rings. The topological polar surface area (TPSA) is 80.9 Å². The molecule has 8 heteroatoms. The predicted molar refractivity (Wildman–Crippen MR) is 92.3 cm³/mol. The van der Waals surface area contributed by atoms with Crippen LogP contribution >= 0.6 is 0 Å². The second-order valence-corrected chi connectivity index (χ2v) is 6.07. The molecule has 25 heavy (non-hydrogen) atoms. The van der Waals surface area contributed by atoms with Crippen LogP contribution in [0.15, 0.2) is 49.3 Å². The van der Waals surface area contributed by atoms with Gasteiger partial charge < -0.3 is 14.8 Å². The van der Waals surface area contributed by atoms with E-state index in [4.69, 9.17) is 0 Å². The molecule has 0 radical (unpaired) electrons. The van der Waals surface area contributed by atoms with Gasteiger partial charge in [-0.1, -0.05) is 0 Å².